The van der Waals surface area contributed by atoms with Gasteiger partial charge in [0.1, 0.15) is 5.01 Å². The van der Waals surface area contributed by atoms with Crippen molar-refractivity contribution in [2.24, 2.45) is 0 Å². The molecule has 22 heavy (non-hydrogen) atoms. The van der Waals surface area contributed by atoms with Crippen molar-refractivity contribution >= 4 is 33.4 Å². The third-order valence-electron chi connectivity index (χ3n) is 3.17. The molecule has 3 heterocycles. The van der Waals surface area contributed by atoms with E-state index in [1.54, 1.807) is 18.5 Å². The first kappa shape index (κ1) is 14.6. The van der Waals surface area contributed by atoms with Crippen LogP contribution in [0.1, 0.15) is 42.2 Å². The first-order valence-corrected chi connectivity index (χ1v) is 7.87. The zero-order chi connectivity index (χ0) is 15.7. The summed E-state index contributed by atoms with van der Waals surface area (Å²) in [7, 11) is 0. The van der Waals surface area contributed by atoms with Crippen molar-refractivity contribution in [2.45, 2.75) is 33.2 Å². The van der Waals surface area contributed by atoms with E-state index < -0.39 is 0 Å². The lowest BCUT2D eigenvalue weighted by Gasteiger charge is -2.06. The summed E-state index contributed by atoms with van der Waals surface area (Å²) in [6.45, 7) is 6.07. The van der Waals surface area contributed by atoms with E-state index in [-0.39, 0.29) is 11.9 Å². The normalized spacial score (nSPS) is 11.3. The number of pyridine rings is 1. The average molecular weight is 316 g/mol. The number of aryl methyl sites for hydroxylation is 1. The van der Waals surface area contributed by atoms with Crippen LogP contribution < -0.4 is 5.32 Å². The Kier molecular flexibility index (Phi) is 3.84. The Balaban J connectivity index is 1.85. The second-order valence-corrected chi connectivity index (χ2v) is 6.19. The molecule has 0 bridgehead atoms. The number of rotatable bonds is 4. The molecule has 0 atom stereocenters. The molecule has 3 aromatic rings. The van der Waals surface area contributed by atoms with Gasteiger partial charge in [0.2, 0.25) is 5.13 Å². The fraction of sp³-hybridized carbons (Fsp3) is 0.357. The third-order valence-corrected chi connectivity index (χ3v) is 4.16. The molecule has 1 amide bonds. The maximum atomic E-state index is 12.3. The minimum atomic E-state index is -0.245. The second-order valence-electron chi connectivity index (χ2n) is 5.13. The molecule has 3 aromatic heterocycles. The summed E-state index contributed by atoms with van der Waals surface area (Å²) >= 11 is 1.38. The first-order valence-electron chi connectivity index (χ1n) is 7.05. The standard InChI is InChI=1S/C14H16N6OS/c1-4-11-18-19-14(22-11)17-13(21)10-5-9-7-16-20(8(2)3)12(9)15-6-10/h5-8H,4H2,1-3H3,(H,17,19,21). The molecule has 0 spiro atoms. The Labute approximate surface area is 131 Å². The zero-order valence-corrected chi connectivity index (χ0v) is 13.4. The molecule has 8 heteroatoms. The molecule has 114 valence electrons. The molecular formula is C14H16N6OS. The van der Waals surface area contributed by atoms with E-state index in [4.69, 9.17) is 0 Å². The highest BCUT2D eigenvalue weighted by atomic mass is 32.1. The SMILES string of the molecule is CCc1nnc(NC(=O)c2cnc3c(cnn3C(C)C)c2)s1. The van der Waals surface area contributed by atoms with E-state index in [1.807, 2.05) is 25.5 Å². The van der Waals surface area contributed by atoms with Crippen LogP contribution in [0.2, 0.25) is 0 Å². The molecule has 0 aliphatic heterocycles. The summed E-state index contributed by atoms with van der Waals surface area (Å²) in [5.41, 5.74) is 1.25. The highest BCUT2D eigenvalue weighted by molar-refractivity contribution is 7.15. The minimum absolute atomic E-state index is 0.221. The largest absolute Gasteiger partial charge is 0.296 e. The van der Waals surface area contributed by atoms with Crippen LogP contribution >= 0.6 is 11.3 Å². The average Bonchev–Trinajstić information content (AvgIpc) is 3.12. The van der Waals surface area contributed by atoms with Crippen molar-refractivity contribution in [2.75, 3.05) is 5.32 Å². The van der Waals surface area contributed by atoms with Crippen LogP contribution in [0, 0.1) is 0 Å². The fourth-order valence-corrected chi connectivity index (χ4v) is 2.73. The minimum Gasteiger partial charge on any atom is -0.296 e. The van der Waals surface area contributed by atoms with Crippen LogP contribution in [-0.2, 0) is 6.42 Å². The Morgan fingerprint density at radius 2 is 2.18 bits per heavy atom. The second kappa shape index (κ2) is 5.80. The molecule has 0 unspecified atom stereocenters. The predicted octanol–water partition coefficient (Wildman–Crippen LogP) is 2.68. The van der Waals surface area contributed by atoms with Gasteiger partial charge < -0.3 is 0 Å². The number of hydrogen-bond donors (Lipinski definition) is 1. The lowest BCUT2D eigenvalue weighted by Crippen LogP contribution is -2.12. The van der Waals surface area contributed by atoms with Gasteiger partial charge in [0.05, 0.1) is 11.8 Å². The van der Waals surface area contributed by atoms with Crippen LogP contribution in [-0.4, -0.2) is 30.9 Å². The maximum absolute atomic E-state index is 12.3. The number of carbonyl (C=O) groups is 1. The number of amides is 1. The Morgan fingerprint density at radius 1 is 1.36 bits per heavy atom. The van der Waals surface area contributed by atoms with Crippen molar-refractivity contribution in [3.63, 3.8) is 0 Å². The van der Waals surface area contributed by atoms with E-state index in [0.717, 1.165) is 22.5 Å². The van der Waals surface area contributed by atoms with Gasteiger partial charge in [0, 0.05) is 17.6 Å². The lowest BCUT2D eigenvalue weighted by atomic mass is 10.2. The molecule has 0 saturated heterocycles. The highest BCUT2D eigenvalue weighted by Crippen LogP contribution is 2.19. The van der Waals surface area contributed by atoms with Gasteiger partial charge in [-0.15, -0.1) is 10.2 Å². The van der Waals surface area contributed by atoms with Crippen LogP contribution in [0.5, 0.6) is 0 Å². The Morgan fingerprint density at radius 3 is 2.86 bits per heavy atom. The van der Waals surface area contributed by atoms with Gasteiger partial charge in [-0.3, -0.25) is 10.1 Å². The summed E-state index contributed by atoms with van der Waals surface area (Å²) in [6.07, 6.45) is 4.08. The molecule has 0 aromatic carbocycles. The number of carbonyl (C=O) groups excluding carboxylic acids is 1. The number of aromatic nitrogens is 5. The van der Waals surface area contributed by atoms with Crippen molar-refractivity contribution < 1.29 is 4.79 Å². The van der Waals surface area contributed by atoms with Gasteiger partial charge in [0.25, 0.3) is 5.91 Å². The summed E-state index contributed by atoms with van der Waals surface area (Å²) in [5.74, 6) is -0.245. The van der Waals surface area contributed by atoms with Gasteiger partial charge in [-0.25, -0.2) is 9.67 Å². The molecule has 1 N–H and O–H groups in total. The van der Waals surface area contributed by atoms with E-state index in [0.29, 0.717) is 10.7 Å². The highest BCUT2D eigenvalue weighted by Gasteiger charge is 2.13. The number of anilines is 1. The molecule has 7 nitrogen and oxygen atoms in total. The third kappa shape index (κ3) is 2.69. The molecule has 0 aliphatic carbocycles. The summed E-state index contributed by atoms with van der Waals surface area (Å²) in [5, 5.41) is 17.2. The molecule has 3 rings (SSSR count). The number of fused-ring (bicyclic) bond motifs is 1. The number of hydrogen-bond acceptors (Lipinski definition) is 6. The van der Waals surface area contributed by atoms with Crippen LogP contribution in [0.4, 0.5) is 5.13 Å². The Hall–Kier alpha value is -2.35. The predicted molar refractivity (Wildman–Crippen MR) is 85.2 cm³/mol. The monoisotopic (exact) mass is 316 g/mol. The zero-order valence-electron chi connectivity index (χ0n) is 12.6. The van der Waals surface area contributed by atoms with Crippen LogP contribution in [0.25, 0.3) is 11.0 Å². The van der Waals surface area contributed by atoms with Crippen molar-refractivity contribution in [1.82, 2.24) is 25.0 Å². The van der Waals surface area contributed by atoms with Gasteiger partial charge >= 0.3 is 0 Å². The van der Waals surface area contributed by atoms with Gasteiger partial charge in [-0.05, 0) is 26.3 Å². The lowest BCUT2D eigenvalue weighted by molar-refractivity contribution is 0.102. The van der Waals surface area contributed by atoms with E-state index in [2.05, 4.69) is 25.6 Å². The number of nitrogens with zero attached hydrogens (tertiary/aromatic N) is 5. The molecule has 0 aliphatic rings. The van der Waals surface area contributed by atoms with Gasteiger partial charge in [-0.2, -0.15) is 5.10 Å². The smallest absolute Gasteiger partial charge is 0.259 e. The maximum Gasteiger partial charge on any atom is 0.259 e. The summed E-state index contributed by atoms with van der Waals surface area (Å²) in [4.78, 5) is 16.6. The van der Waals surface area contributed by atoms with Crippen LogP contribution in [0.3, 0.4) is 0 Å². The molecule has 0 radical (unpaired) electrons. The van der Waals surface area contributed by atoms with E-state index in [1.165, 1.54) is 11.3 Å². The molecular weight excluding hydrogens is 300 g/mol. The molecule has 0 fully saturated rings. The van der Waals surface area contributed by atoms with Crippen LogP contribution in [0.15, 0.2) is 18.5 Å². The molecule has 0 saturated carbocycles. The van der Waals surface area contributed by atoms with Crippen molar-refractivity contribution in [1.29, 1.82) is 0 Å². The van der Waals surface area contributed by atoms with E-state index in [9.17, 15) is 4.79 Å². The van der Waals surface area contributed by atoms with Gasteiger partial charge in [0.15, 0.2) is 5.65 Å². The fourth-order valence-electron chi connectivity index (χ4n) is 2.06. The first-order chi connectivity index (χ1) is 10.6. The Bertz CT molecular complexity index is 822. The van der Waals surface area contributed by atoms with Crippen molar-refractivity contribution in [3.8, 4) is 0 Å². The quantitative estimate of drug-likeness (QED) is 0.800. The van der Waals surface area contributed by atoms with Crippen molar-refractivity contribution in [3.05, 3.63) is 29.0 Å². The van der Waals surface area contributed by atoms with Gasteiger partial charge in [-0.1, -0.05) is 18.3 Å². The number of nitrogens with one attached hydrogen (secondary N) is 1. The summed E-state index contributed by atoms with van der Waals surface area (Å²) in [6, 6.07) is 2.00. The van der Waals surface area contributed by atoms with E-state index >= 15 is 0 Å². The summed E-state index contributed by atoms with van der Waals surface area (Å²) < 4.78 is 1.83. The topological polar surface area (TPSA) is 85.6 Å².